The monoisotopic (exact) mass is 355 g/mol. The smallest absolute Gasteiger partial charge is 0.260 e. The molecular weight excluding hydrogens is 330 g/mol. The van der Waals surface area contributed by atoms with Crippen LogP contribution in [0.4, 0.5) is 0 Å². The summed E-state index contributed by atoms with van der Waals surface area (Å²) in [5, 5.41) is 12.0. The van der Waals surface area contributed by atoms with E-state index in [9.17, 15) is 4.79 Å². The molecule has 2 aliphatic rings. The molecule has 0 spiro atoms. The lowest BCUT2D eigenvalue weighted by molar-refractivity contribution is -0.134. The average molecular weight is 355 g/mol. The van der Waals surface area contributed by atoms with Gasteiger partial charge < -0.3 is 19.5 Å². The van der Waals surface area contributed by atoms with Gasteiger partial charge in [-0.05, 0) is 37.5 Å². The fraction of sp³-hybridized carbons (Fsp3) is 0.526. The number of fused-ring (bicyclic) bond motifs is 1. The van der Waals surface area contributed by atoms with Gasteiger partial charge in [-0.15, -0.1) is 10.2 Å². The fourth-order valence-corrected chi connectivity index (χ4v) is 3.75. The predicted molar refractivity (Wildman–Crippen MR) is 97.0 cm³/mol. The van der Waals surface area contributed by atoms with Crippen LogP contribution in [0.2, 0.25) is 0 Å². The van der Waals surface area contributed by atoms with Crippen LogP contribution < -0.4 is 10.1 Å². The third kappa shape index (κ3) is 3.58. The van der Waals surface area contributed by atoms with Gasteiger partial charge in [-0.1, -0.05) is 12.1 Å². The zero-order valence-corrected chi connectivity index (χ0v) is 15.1. The van der Waals surface area contributed by atoms with E-state index in [0.717, 1.165) is 68.5 Å². The van der Waals surface area contributed by atoms with Crippen LogP contribution in [0.1, 0.15) is 36.0 Å². The van der Waals surface area contributed by atoms with Gasteiger partial charge in [-0.3, -0.25) is 4.79 Å². The minimum Gasteiger partial charge on any atom is -0.484 e. The number of carbonyl (C=O) groups excluding carboxylic acids is 1. The van der Waals surface area contributed by atoms with Crippen molar-refractivity contribution in [2.45, 2.75) is 38.8 Å². The van der Waals surface area contributed by atoms with Crippen molar-refractivity contribution in [3.8, 4) is 5.75 Å². The molecule has 1 aromatic carbocycles. The number of ether oxygens (including phenoxy) is 1. The van der Waals surface area contributed by atoms with Crippen LogP contribution in [-0.4, -0.2) is 51.8 Å². The Hall–Kier alpha value is -2.41. The highest BCUT2D eigenvalue weighted by Gasteiger charge is 2.28. The van der Waals surface area contributed by atoms with Crippen molar-refractivity contribution >= 4 is 5.91 Å². The molecule has 0 bridgehead atoms. The summed E-state index contributed by atoms with van der Waals surface area (Å²) >= 11 is 0. The van der Waals surface area contributed by atoms with E-state index in [-0.39, 0.29) is 12.5 Å². The third-order valence-corrected chi connectivity index (χ3v) is 5.22. The number of likely N-dealkylation sites (tertiary alicyclic amines) is 1. The minimum absolute atomic E-state index is 0.0532. The van der Waals surface area contributed by atoms with Crippen molar-refractivity contribution < 1.29 is 9.53 Å². The number of nitrogens with zero attached hydrogens (tertiary/aromatic N) is 4. The quantitative estimate of drug-likeness (QED) is 0.899. The van der Waals surface area contributed by atoms with E-state index in [2.05, 4.69) is 20.1 Å². The number of rotatable bonds is 4. The largest absolute Gasteiger partial charge is 0.484 e. The molecule has 0 aliphatic carbocycles. The number of amides is 1. The molecule has 26 heavy (non-hydrogen) atoms. The molecule has 1 aromatic heterocycles. The van der Waals surface area contributed by atoms with E-state index < -0.39 is 0 Å². The number of hydrogen-bond acceptors (Lipinski definition) is 5. The second kappa shape index (κ2) is 7.45. The lowest BCUT2D eigenvalue weighted by atomic mass is 9.95. The molecule has 1 fully saturated rings. The summed E-state index contributed by atoms with van der Waals surface area (Å²) in [6.45, 7) is 6.30. The Labute approximate surface area is 153 Å². The van der Waals surface area contributed by atoms with Crippen molar-refractivity contribution in [3.63, 3.8) is 0 Å². The summed E-state index contributed by atoms with van der Waals surface area (Å²) in [7, 11) is 0. The minimum atomic E-state index is 0.0532. The molecule has 0 atom stereocenters. The topological polar surface area (TPSA) is 72.3 Å². The number of aromatic nitrogens is 3. The van der Waals surface area contributed by atoms with E-state index in [1.807, 2.05) is 36.1 Å². The Morgan fingerprint density at radius 3 is 2.92 bits per heavy atom. The first-order valence-electron chi connectivity index (χ1n) is 9.30. The van der Waals surface area contributed by atoms with Crippen LogP contribution in [0.25, 0.3) is 0 Å². The molecule has 7 nitrogen and oxygen atoms in total. The van der Waals surface area contributed by atoms with Gasteiger partial charge in [0.2, 0.25) is 0 Å². The number of piperidine rings is 1. The number of carbonyl (C=O) groups is 1. The van der Waals surface area contributed by atoms with Crippen molar-refractivity contribution in [1.82, 2.24) is 25.0 Å². The molecule has 138 valence electrons. The van der Waals surface area contributed by atoms with Crippen LogP contribution in [0, 0.1) is 6.92 Å². The van der Waals surface area contributed by atoms with Gasteiger partial charge >= 0.3 is 0 Å². The van der Waals surface area contributed by atoms with E-state index in [1.165, 1.54) is 0 Å². The van der Waals surface area contributed by atoms with Gasteiger partial charge in [0, 0.05) is 32.1 Å². The van der Waals surface area contributed by atoms with E-state index in [4.69, 9.17) is 4.74 Å². The average Bonchev–Trinajstić information content (AvgIpc) is 3.10. The van der Waals surface area contributed by atoms with Crippen molar-refractivity contribution in [3.05, 3.63) is 41.5 Å². The first kappa shape index (κ1) is 17.0. The Kier molecular flexibility index (Phi) is 4.88. The molecular formula is C19H25N5O2. The highest BCUT2D eigenvalue weighted by molar-refractivity contribution is 5.77. The summed E-state index contributed by atoms with van der Waals surface area (Å²) in [6, 6.07) is 7.78. The molecule has 1 N–H and O–H groups in total. The second-order valence-electron chi connectivity index (χ2n) is 7.06. The van der Waals surface area contributed by atoms with Crippen LogP contribution in [-0.2, 0) is 17.9 Å². The maximum atomic E-state index is 12.4. The van der Waals surface area contributed by atoms with Crippen molar-refractivity contribution in [2.75, 3.05) is 26.2 Å². The van der Waals surface area contributed by atoms with Gasteiger partial charge in [-0.25, -0.2) is 0 Å². The van der Waals surface area contributed by atoms with Crippen molar-refractivity contribution in [1.29, 1.82) is 0 Å². The van der Waals surface area contributed by atoms with Gasteiger partial charge in [0.15, 0.2) is 6.61 Å². The summed E-state index contributed by atoms with van der Waals surface area (Å²) in [5.74, 6) is 3.30. The predicted octanol–water partition coefficient (Wildman–Crippen LogP) is 1.47. The lowest BCUT2D eigenvalue weighted by Crippen LogP contribution is -2.41. The maximum Gasteiger partial charge on any atom is 0.260 e. The normalized spacial score (nSPS) is 17.8. The van der Waals surface area contributed by atoms with Crippen LogP contribution >= 0.6 is 0 Å². The van der Waals surface area contributed by atoms with Gasteiger partial charge in [0.25, 0.3) is 5.91 Å². The van der Waals surface area contributed by atoms with Crippen LogP contribution in [0.5, 0.6) is 5.75 Å². The molecule has 2 aromatic rings. The van der Waals surface area contributed by atoms with Crippen LogP contribution in [0.3, 0.4) is 0 Å². The van der Waals surface area contributed by atoms with E-state index in [0.29, 0.717) is 5.92 Å². The SMILES string of the molecule is Cc1cccc(OCC(=O)N2CCC(c3nnc4n3CCNC4)CC2)c1. The van der Waals surface area contributed by atoms with E-state index >= 15 is 0 Å². The maximum absolute atomic E-state index is 12.4. The van der Waals surface area contributed by atoms with Gasteiger partial charge in [-0.2, -0.15) is 0 Å². The standard InChI is InChI=1S/C19H25N5O2/c1-14-3-2-4-16(11-14)26-13-18(25)23-8-5-15(6-9-23)19-22-21-17-12-20-7-10-24(17)19/h2-4,11,15,20H,5-10,12-13H2,1H3. The molecule has 1 amide bonds. The molecule has 7 heteroatoms. The van der Waals surface area contributed by atoms with Gasteiger partial charge in [0.1, 0.15) is 17.4 Å². The third-order valence-electron chi connectivity index (χ3n) is 5.22. The Morgan fingerprint density at radius 1 is 1.27 bits per heavy atom. The number of benzene rings is 1. The van der Waals surface area contributed by atoms with Crippen molar-refractivity contribution in [2.24, 2.45) is 0 Å². The molecule has 3 heterocycles. The number of nitrogens with one attached hydrogen (secondary N) is 1. The Morgan fingerprint density at radius 2 is 2.12 bits per heavy atom. The second-order valence-corrected chi connectivity index (χ2v) is 7.06. The molecule has 0 radical (unpaired) electrons. The number of aryl methyl sites for hydroxylation is 1. The molecule has 0 unspecified atom stereocenters. The first-order valence-corrected chi connectivity index (χ1v) is 9.30. The fourth-order valence-electron chi connectivity index (χ4n) is 3.75. The Bertz CT molecular complexity index is 780. The summed E-state index contributed by atoms with van der Waals surface area (Å²) in [6.07, 6.45) is 1.86. The van der Waals surface area contributed by atoms with Gasteiger partial charge in [0.05, 0.1) is 6.54 Å². The lowest BCUT2D eigenvalue weighted by Gasteiger charge is -2.32. The molecule has 1 saturated heterocycles. The molecule has 0 saturated carbocycles. The summed E-state index contributed by atoms with van der Waals surface area (Å²) < 4.78 is 7.90. The summed E-state index contributed by atoms with van der Waals surface area (Å²) in [5.41, 5.74) is 1.13. The zero-order chi connectivity index (χ0) is 17.9. The number of hydrogen-bond donors (Lipinski definition) is 1. The Balaban J connectivity index is 1.30. The molecule has 2 aliphatic heterocycles. The zero-order valence-electron chi connectivity index (χ0n) is 15.1. The highest BCUT2D eigenvalue weighted by Crippen LogP contribution is 2.28. The van der Waals surface area contributed by atoms with Crippen LogP contribution in [0.15, 0.2) is 24.3 Å². The van der Waals surface area contributed by atoms with E-state index in [1.54, 1.807) is 0 Å². The first-order chi connectivity index (χ1) is 12.7. The molecule has 4 rings (SSSR count). The highest BCUT2D eigenvalue weighted by atomic mass is 16.5. The summed E-state index contributed by atoms with van der Waals surface area (Å²) in [4.78, 5) is 14.3.